The van der Waals surface area contributed by atoms with Gasteiger partial charge in [0.05, 0.1) is 25.5 Å². The minimum absolute atomic E-state index is 0.0332. The first-order chi connectivity index (χ1) is 8.63. The smallest absolute Gasteiger partial charge is 0.225 e. The van der Waals surface area contributed by atoms with Gasteiger partial charge in [0.2, 0.25) is 5.91 Å². The van der Waals surface area contributed by atoms with Crippen LogP contribution in [0.4, 0.5) is 5.69 Å². The third-order valence-electron chi connectivity index (χ3n) is 2.43. The van der Waals surface area contributed by atoms with Gasteiger partial charge in [0.15, 0.2) is 0 Å². The number of nitrogens with two attached hydrogens (primary N) is 1. The number of hydrogen-bond donors (Lipinski definition) is 1. The molecule has 5 heteroatoms. The van der Waals surface area contributed by atoms with Crippen molar-refractivity contribution in [2.45, 2.75) is 12.8 Å². The van der Waals surface area contributed by atoms with Gasteiger partial charge >= 0.3 is 0 Å². The highest BCUT2D eigenvalue weighted by atomic mass is 16.5. The number of nitrogen functional groups attached to an aromatic ring is 1. The minimum atomic E-state index is -0.0332. The number of carbonyl (C=O) groups excluding carboxylic acids is 1. The highest BCUT2D eigenvalue weighted by Crippen LogP contribution is 2.14. The van der Waals surface area contributed by atoms with Gasteiger partial charge < -0.3 is 15.4 Å². The van der Waals surface area contributed by atoms with E-state index in [0.29, 0.717) is 31.0 Å². The van der Waals surface area contributed by atoms with Gasteiger partial charge in [-0.2, -0.15) is 5.26 Å². The van der Waals surface area contributed by atoms with Gasteiger partial charge in [-0.3, -0.25) is 4.79 Å². The molecule has 5 nitrogen and oxygen atoms in total. The Kier molecular flexibility index (Phi) is 5.52. The van der Waals surface area contributed by atoms with E-state index in [1.807, 2.05) is 6.07 Å². The molecule has 1 aromatic rings. The molecule has 0 saturated carbocycles. The minimum Gasteiger partial charge on any atom is -0.493 e. The van der Waals surface area contributed by atoms with Crippen molar-refractivity contribution in [2.75, 3.05) is 25.9 Å². The van der Waals surface area contributed by atoms with Crippen molar-refractivity contribution in [1.82, 2.24) is 4.90 Å². The summed E-state index contributed by atoms with van der Waals surface area (Å²) in [5, 5.41) is 8.42. The summed E-state index contributed by atoms with van der Waals surface area (Å²) in [6, 6.07) is 9.08. The molecule has 0 saturated heterocycles. The van der Waals surface area contributed by atoms with Crippen molar-refractivity contribution in [2.24, 2.45) is 0 Å². The molecule has 1 aromatic carbocycles. The van der Waals surface area contributed by atoms with Crippen LogP contribution in [-0.4, -0.2) is 31.0 Å². The molecule has 1 rings (SSSR count). The molecule has 0 bridgehead atoms. The third-order valence-corrected chi connectivity index (χ3v) is 2.43. The number of rotatable bonds is 6. The van der Waals surface area contributed by atoms with Gasteiger partial charge in [0, 0.05) is 25.3 Å². The molecule has 0 heterocycles. The second-order valence-electron chi connectivity index (χ2n) is 3.89. The van der Waals surface area contributed by atoms with E-state index in [-0.39, 0.29) is 12.3 Å². The van der Waals surface area contributed by atoms with E-state index in [0.717, 1.165) is 0 Å². The van der Waals surface area contributed by atoms with Crippen molar-refractivity contribution in [3.05, 3.63) is 24.3 Å². The Bertz CT molecular complexity index is 440. The maximum Gasteiger partial charge on any atom is 0.225 e. The summed E-state index contributed by atoms with van der Waals surface area (Å²) < 4.78 is 5.42. The first kappa shape index (κ1) is 13.8. The number of nitrogens with zero attached hydrogens (tertiary/aromatic N) is 2. The number of carbonyl (C=O) groups is 1. The maximum atomic E-state index is 11.6. The largest absolute Gasteiger partial charge is 0.493 e. The number of amides is 1. The molecule has 0 aliphatic carbocycles. The number of ether oxygens (including phenoxy) is 1. The second-order valence-corrected chi connectivity index (χ2v) is 3.89. The normalized spacial score (nSPS) is 9.56. The van der Waals surface area contributed by atoms with Crippen molar-refractivity contribution in [1.29, 1.82) is 5.26 Å². The molecule has 18 heavy (non-hydrogen) atoms. The van der Waals surface area contributed by atoms with Crippen LogP contribution in [0.15, 0.2) is 24.3 Å². The monoisotopic (exact) mass is 247 g/mol. The van der Waals surface area contributed by atoms with Gasteiger partial charge in [0.25, 0.3) is 0 Å². The lowest BCUT2D eigenvalue weighted by atomic mass is 10.3. The van der Waals surface area contributed by atoms with Gasteiger partial charge in [0.1, 0.15) is 5.75 Å². The number of anilines is 1. The lowest BCUT2D eigenvalue weighted by Gasteiger charge is -2.15. The summed E-state index contributed by atoms with van der Waals surface area (Å²) in [4.78, 5) is 13.2. The highest BCUT2D eigenvalue weighted by molar-refractivity contribution is 5.76. The first-order valence-corrected chi connectivity index (χ1v) is 5.72. The summed E-state index contributed by atoms with van der Waals surface area (Å²) in [5.74, 6) is 0.622. The topological polar surface area (TPSA) is 79.3 Å². The molecule has 0 aromatic heterocycles. The van der Waals surface area contributed by atoms with Crippen LogP contribution in [0.5, 0.6) is 5.75 Å². The molecule has 2 N–H and O–H groups in total. The molecular formula is C13H17N3O2. The number of nitriles is 1. The molecule has 0 aliphatic rings. The fraction of sp³-hybridized carbons (Fsp3) is 0.385. The first-order valence-electron chi connectivity index (χ1n) is 5.72. The lowest BCUT2D eigenvalue weighted by molar-refractivity contribution is -0.130. The molecule has 96 valence electrons. The quantitative estimate of drug-likeness (QED) is 0.771. The van der Waals surface area contributed by atoms with Gasteiger partial charge in [-0.25, -0.2) is 0 Å². The molecule has 0 fully saturated rings. The summed E-state index contributed by atoms with van der Waals surface area (Å²) in [5.41, 5.74) is 6.24. The van der Waals surface area contributed by atoms with Crippen molar-refractivity contribution in [3.8, 4) is 11.8 Å². The zero-order valence-corrected chi connectivity index (χ0v) is 10.4. The van der Waals surface area contributed by atoms with Crippen molar-refractivity contribution in [3.63, 3.8) is 0 Å². The fourth-order valence-corrected chi connectivity index (χ4v) is 1.39. The average molecular weight is 247 g/mol. The summed E-state index contributed by atoms with van der Waals surface area (Å²) >= 11 is 0. The highest BCUT2D eigenvalue weighted by Gasteiger charge is 2.08. The zero-order chi connectivity index (χ0) is 13.4. The molecular weight excluding hydrogens is 230 g/mol. The van der Waals surface area contributed by atoms with Gasteiger partial charge in [-0.15, -0.1) is 0 Å². The lowest BCUT2D eigenvalue weighted by Crippen LogP contribution is -2.28. The van der Waals surface area contributed by atoms with Crippen molar-refractivity contribution < 1.29 is 9.53 Å². The molecule has 0 atom stereocenters. The number of hydrogen-bond acceptors (Lipinski definition) is 4. The SMILES string of the molecule is CN(CCC#N)C(=O)CCOc1cccc(N)c1. The van der Waals surface area contributed by atoms with Gasteiger partial charge in [-0.05, 0) is 12.1 Å². The van der Waals surface area contributed by atoms with E-state index < -0.39 is 0 Å². The van der Waals surface area contributed by atoms with Crippen LogP contribution in [0.3, 0.4) is 0 Å². The van der Waals surface area contributed by atoms with E-state index in [1.54, 1.807) is 31.3 Å². The molecule has 0 spiro atoms. The van der Waals surface area contributed by atoms with Crippen LogP contribution in [0.2, 0.25) is 0 Å². The second kappa shape index (κ2) is 7.17. The Morgan fingerprint density at radius 1 is 1.56 bits per heavy atom. The van der Waals surface area contributed by atoms with Crippen LogP contribution in [0, 0.1) is 11.3 Å². The van der Waals surface area contributed by atoms with E-state index in [9.17, 15) is 4.79 Å². The zero-order valence-electron chi connectivity index (χ0n) is 10.4. The van der Waals surface area contributed by atoms with Crippen molar-refractivity contribution >= 4 is 11.6 Å². The van der Waals surface area contributed by atoms with Crippen LogP contribution < -0.4 is 10.5 Å². The molecule has 0 aliphatic heterocycles. The van der Waals surface area contributed by atoms with Crippen LogP contribution in [0.25, 0.3) is 0 Å². The maximum absolute atomic E-state index is 11.6. The molecule has 1 amide bonds. The standard InChI is InChI=1S/C13H17N3O2/c1-16(8-3-7-14)13(17)6-9-18-12-5-2-4-11(15)10-12/h2,4-5,10H,3,6,8-9,15H2,1H3. The van der Waals surface area contributed by atoms with E-state index in [1.165, 1.54) is 4.90 Å². The Balaban J connectivity index is 2.29. The summed E-state index contributed by atoms with van der Waals surface area (Å²) in [6.07, 6.45) is 0.634. The van der Waals surface area contributed by atoms with E-state index in [4.69, 9.17) is 15.7 Å². The Hall–Kier alpha value is -2.22. The van der Waals surface area contributed by atoms with Crippen LogP contribution in [-0.2, 0) is 4.79 Å². The third kappa shape index (κ3) is 4.74. The van der Waals surface area contributed by atoms with Crippen LogP contribution >= 0.6 is 0 Å². The summed E-state index contributed by atoms with van der Waals surface area (Å²) in [7, 11) is 1.68. The Morgan fingerprint density at radius 3 is 3.00 bits per heavy atom. The summed E-state index contributed by atoms with van der Waals surface area (Å²) in [6.45, 7) is 0.757. The Labute approximate surface area is 107 Å². The Morgan fingerprint density at radius 2 is 2.33 bits per heavy atom. The predicted octanol–water partition coefficient (Wildman–Crippen LogP) is 1.41. The van der Waals surface area contributed by atoms with Crippen LogP contribution in [0.1, 0.15) is 12.8 Å². The van der Waals surface area contributed by atoms with E-state index >= 15 is 0 Å². The number of benzene rings is 1. The average Bonchev–Trinajstić information content (AvgIpc) is 2.35. The molecule has 0 unspecified atom stereocenters. The fourth-order valence-electron chi connectivity index (χ4n) is 1.39. The predicted molar refractivity (Wildman–Crippen MR) is 68.8 cm³/mol. The molecule has 0 radical (unpaired) electrons. The van der Waals surface area contributed by atoms with Gasteiger partial charge in [-0.1, -0.05) is 6.07 Å². The van der Waals surface area contributed by atoms with E-state index in [2.05, 4.69) is 0 Å².